The van der Waals surface area contributed by atoms with E-state index in [2.05, 4.69) is 17.9 Å². The van der Waals surface area contributed by atoms with Crippen LogP contribution in [0.1, 0.15) is 24.9 Å². The van der Waals surface area contributed by atoms with Gasteiger partial charge in [0.2, 0.25) is 0 Å². The molecule has 82 valence electrons. The monoisotopic (exact) mass is 225 g/mol. The first-order valence-corrected chi connectivity index (χ1v) is 5.73. The Labute approximate surface area is 95.5 Å². The quantitative estimate of drug-likeness (QED) is 0.836. The van der Waals surface area contributed by atoms with Crippen LogP contribution in [0.25, 0.3) is 0 Å². The number of hydrogen-bond acceptors (Lipinski definition) is 2. The molecule has 0 aliphatic carbocycles. The number of aliphatic hydroxyl groups excluding tert-OH is 1. The molecule has 1 aliphatic rings. The zero-order chi connectivity index (χ0) is 10.8. The number of nitrogens with zero attached hydrogens (tertiary/aromatic N) is 1. The van der Waals surface area contributed by atoms with E-state index in [1.54, 1.807) is 0 Å². The van der Waals surface area contributed by atoms with Gasteiger partial charge < -0.3 is 5.11 Å². The van der Waals surface area contributed by atoms with Crippen molar-refractivity contribution in [3.05, 3.63) is 34.9 Å². The normalized spacial score (nSPS) is 24.3. The summed E-state index contributed by atoms with van der Waals surface area (Å²) >= 11 is 6.14. The minimum atomic E-state index is -0.171. The van der Waals surface area contributed by atoms with Crippen LogP contribution in [0, 0.1) is 0 Å². The molecule has 0 saturated carbocycles. The van der Waals surface area contributed by atoms with Gasteiger partial charge in [-0.25, -0.2) is 0 Å². The van der Waals surface area contributed by atoms with E-state index in [0.717, 1.165) is 30.1 Å². The third-order valence-electron chi connectivity index (χ3n) is 3.10. The number of benzene rings is 1. The lowest BCUT2D eigenvalue weighted by atomic mass is 10.1. The molecule has 2 atom stereocenters. The summed E-state index contributed by atoms with van der Waals surface area (Å²) in [7, 11) is 0. The van der Waals surface area contributed by atoms with Crippen molar-refractivity contribution in [2.24, 2.45) is 0 Å². The van der Waals surface area contributed by atoms with E-state index >= 15 is 0 Å². The molecular formula is C12H16ClNO. The van der Waals surface area contributed by atoms with E-state index in [1.165, 1.54) is 0 Å². The topological polar surface area (TPSA) is 23.5 Å². The van der Waals surface area contributed by atoms with Crippen molar-refractivity contribution >= 4 is 11.6 Å². The summed E-state index contributed by atoms with van der Waals surface area (Å²) in [6.07, 6.45) is 0.698. The fraction of sp³-hybridized carbons (Fsp3) is 0.500. The van der Waals surface area contributed by atoms with E-state index in [0.29, 0.717) is 0 Å². The predicted octanol–water partition coefficient (Wildman–Crippen LogP) is 2.47. The molecule has 1 saturated heterocycles. The summed E-state index contributed by atoms with van der Waals surface area (Å²) in [4.78, 5) is 2.27. The average molecular weight is 226 g/mol. The molecule has 0 spiro atoms. The van der Waals surface area contributed by atoms with E-state index in [4.69, 9.17) is 11.6 Å². The van der Waals surface area contributed by atoms with Crippen LogP contribution in [-0.2, 0) is 0 Å². The number of aliphatic hydroxyl groups is 1. The van der Waals surface area contributed by atoms with Crippen LogP contribution in [0.3, 0.4) is 0 Å². The number of halogens is 1. The van der Waals surface area contributed by atoms with Gasteiger partial charge in [-0.1, -0.05) is 29.8 Å². The summed E-state index contributed by atoms with van der Waals surface area (Å²) in [6, 6.07) is 8.20. The molecule has 3 heteroatoms. The maximum Gasteiger partial charge on any atom is 0.0679 e. The Morgan fingerprint density at radius 3 is 2.80 bits per heavy atom. The van der Waals surface area contributed by atoms with E-state index in [-0.39, 0.29) is 12.1 Å². The van der Waals surface area contributed by atoms with Gasteiger partial charge >= 0.3 is 0 Å². The van der Waals surface area contributed by atoms with Crippen LogP contribution in [0.5, 0.6) is 0 Å². The molecule has 0 aromatic heterocycles. The van der Waals surface area contributed by atoms with Crippen LogP contribution in [0.4, 0.5) is 0 Å². The average Bonchev–Trinajstić information content (AvgIpc) is 2.65. The van der Waals surface area contributed by atoms with Gasteiger partial charge in [0, 0.05) is 24.2 Å². The molecule has 1 aliphatic heterocycles. The van der Waals surface area contributed by atoms with Crippen molar-refractivity contribution in [3.63, 3.8) is 0 Å². The molecule has 1 unspecified atom stereocenters. The molecule has 0 amide bonds. The van der Waals surface area contributed by atoms with Gasteiger partial charge in [-0.05, 0) is 25.0 Å². The van der Waals surface area contributed by atoms with Gasteiger partial charge in [0.05, 0.1) is 6.10 Å². The first-order chi connectivity index (χ1) is 7.18. The molecule has 2 nitrogen and oxygen atoms in total. The van der Waals surface area contributed by atoms with E-state index in [1.807, 2.05) is 18.2 Å². The van der Waals surface area contributed by atoms with Gasteiger partial charge in [-0.15, -0.1) is 0 Å². The molecule has 1 aromatic rings. The second-order valence-electron chi connectivity index (χ2n) is 4.13. The molecule has 0 bridgehead atoms. The van der Waals surface area contributed by atoms with E-state index in [9.17, 15) is 5.11 Å². The first kappa shape index (κ1) is 10.9. The Morgan fingerprint density at radius 1 is 1.47 bits per heavy atom. The Balaban J connectivity index is 2.14. The second kappa shape index (κ2) is 4.52. The molecule has 1 fully saturated rings. The molecule has 1 heterocycles. The molecule has 15 heavy (non-hydrogen) atoms. The standard InChI is InChI=1S/C12H16ClNO/c1-9(14-7-6-10(15)8-14)11-4-2-3-5-12(11)13/h2-5,9-10,15H,6-8H2,1H3/t9?,10-/m0/s1. The van der Waals surface area contributed by atoms with Crippen LogP contribution in [0.15, 0.2) is 24.3 Å². The van der Waals surface area contributed by atoms with Crippen molar-refractivity contribution in [3.8, 4) is 0 Å². The molecule has 1 N–H and O–H groups in total. The summed E-state index contributed by atoms with van der Waals surface area (Å²) in [5.74, 6) is 0. The predicted molar refractivity (Wildman–Crippen MR) is 62.1 cm³/mol. The summed E-state index contributed by atoms with van der Waals surface area (Å²) < 4.78 is 0. The van der Waals surface area contributed by atoms with Crippen molar-refractivity contribution in [1.29, 1.82) is 0 Å². The zero-order valence-corrected chi connectivity index (χ0v) is 9.61. The Hall–Kier alpha value is -0.570. The molecular weight excluding hydrogens is 210 g/mol. The highest BCUT2D eigenvalue weighted by atomic mass is 35.5. The maximum atomic E-state index is 9.49. The minimum Gasteiger partial charge on any atom is -0.392 e. The zero-order valence-electron chi connectivity index (χ0n) is 8.86. The van der Waals surface area contributed by atoms with E-state index < -0.39 is 0 Å². The number of hydrogen-bond donors (Lipinski definition) is 1. The lowest BCUT2D eigenvalue weighted by Gasteiger charge is -2.24. The van der Waals surface area contributed by atoms with Crippen molar-refractivity contribution in [2.75, 3.05) is 13.1 Å². The van der Waals surface area contributed by atoms with Crippen LogP contribution in [0.2, 0.25) is 5.02 Å². The Morgan fingerprint density at radius 2 is 2.20 bits per heavy atom. The minimum absolute atomic E-state index is 0.171. The summed E-state index contributed by atoms with van der Waals surface area (Å²) in [6.45, 7) is 3.85. The fourth-order valence-electron chi connectivity index (χ4n) is 2.13. The van der Waals surface area contributed by atoms with Crippen molar-refractivity contribution < 1.29 is 5.11 Å². The lowest BCUT2D eigenvalue weighted by Crippen LogP contribution is -2.25. The van der Waals surface area contributed by atoms with Gasteiger partial charge in [0.1, 0.15) is 0 Å². The fourth-order valence-corrected chi connectivity index (χ4v) is 2.42. The van der Waals surface area contributed by atoms with Gasteiger partial charge in [-0.2, -0.15) is 0 Å². The number of likely N-dealkylation sites (tertiary alicyclic amines) is 1. The van der Waals surface area contributed by atoms with Crippen LogP contribution >= 0.6 is 11.6 Å². The molecule has 1 aromatic carbocycles. The largest absolute Gasteiger partial charge is 0.392 e. The van der Waals surface area contributed by atoms with Gasteiger partial charge in [-0.3, -0.25) is 4.90 Å². The highest BCUT2D eigenvalue weighted by Crippen LogP contribution is 2.29. The third-order valence-corrected chi connectivity index (χ3v) is 3.44. The van der Waals surface area contributed by atoms with Crippen molar-refractivity contribution in [2.45, 2.75) is 25.5 Å². The SMILES string of the molecule is CC(c1ccccc1Cl)N1CC[C@H](O)C1. The number of β-amino-alcohol motifs (C(OH)–C–C–N with tert-alkyl or cyclic N) is 1. The highest BCUT2D eigenvalue weighted by Gasteiger charge is 2.25. The molecule has 0 radical (unpaired) electrons. The van der Waals surface area contributed by atoms with Crippen molar-refractivity contribution in [1.82, 2.24) is 4.90 Å². The van der Waals surface area contributed by atoms with Gasteiger partial charge in [0.25, 0.3) is 0 Å². The Bertz CT molecular complexity index is 342. The smallest absolute Gasteiger partial charge is 0.0679 e. The molecule has 2 rings (SSSR count). The second-order valence-corrected chi connectivity index (χ2v) is 4.54. The van der Waals surface area contributed by atoms with Gasteiger partial charge in [0.15, 0.2) is 0 Å². The Kier molecular flexibility index (Phi) is 3.29. The maximum absolute atomic E-state index is 9.49. The lowest BCUT2D eigenvalue weighted by molar-refractivity contribution is 0.163. The third kappa shape index (κ3) is 2.33. The van der Waals surface area contributed by atoms with Crippen LogP contribution < -0.4 is 0 Å². The summed E-state index contributed by atoms with van der Waals surface area (Å²) in [5.41, 5.74) is 1.15. The van der Waals surface area contributed by atoms with Crippen LogP contribution in [-0.4, -0.2) is 29.2 Å². The number of rotatable bonds is 2. The summed E-state index contributed by atoms with van der Waals surface area (Å²) in [5, 5.41) is 10.3. The first-order valence-electron chi connectivity index (χ1n) is 5.35. The highest BCUT2D eigenvalue weighted by molar-refractivity contribution is 6.31.